The van der Waals surface area contributed by atoms with Gasteiger partial charge in [-0.1, -0.05) is 19.9 Å². The van der Waals surface area contributed by atoms with Gasteiger partial charge in [0.25, 0.3) is 5.91 Å². The van der Waals surface area contributed by atoms with Crippen molar-refractivity contribution in [3.63, 3.8) is 0 Å². The molecule has 0 aromatic heterocycles. The normalized spacial score (nSPS) is 15.3. The van der Waals surface area contributed by atoms with E-state index in [2.05, 4.69) is 11.9 Å². The van der Waals surface area contributed by atoms with Gasteiger partial charge in [-0.05, 0) is 69.7 Å². The van der Waals surface area contributed by atoms with E-state index >= 15 is 0 Å². The molecule has 9 heteroatoms. The number of ether oxygens (including phenoxy) is 1. The van der Waals surface area contributed by atoms with Crippen molar-refractivity contribution in [2.45, 2.75) is 58.3 Å². The number of rotatable bonds is 13. The molecule has 1 aromatic rings. The highest BCUT2D eigenvalue weighted by atomic mass is 32.2. The van der Waals surface area contributed by atoms with Crippen molar-refractivity contribution < 1.29 is 23.1 Å². The Labute approximate surface area is 203 Å². The zero-order valence-electron chi connectivity index (χ0n) is 20.6. The lowest BCUT2D eigenvalue weighted by Gasteiger charge is -2.38. The molecule has 1 heterocycles. The largest absolute Gasteiger partial charge is 0.493 e. The van der Waals surface area contributed by atoms with E-state index in [-0.39, 0.29) is 23.1 Å². The van der Waals surface area contributed by atoms with Crippen LogP contribution in [0.5, 0.6) is 5.75 Å². The van der Waals surface area contributed by atoms with E-state index in [1.165, 1.54) is 16.4 Å². The van der Waals surface area contributed by atoms with Crippen LogP contribution in [0.3, 0.4) is 0 Å². The van der Waals surface area contributed by atoms with Crippen LogP contribution in [0.25, 0.3) is 5.70 Å². The van der Waals surface area contributed by atoms with Gasteiger partial charge in [-0.25, -0.2) is 8.42 Å². The Kier molecular flexibility index (Phi) is 10.0. The highest BCUT2D eigenvalue weighted by Gasteiger charge is 2.36. The van der Waals surface area contributed by atoms with E-state index in [4.69, 9.17) is 15.3 Å². The minimum absolute atomic E-state index is 0.104. The predicted molar refractivity (Wildman–Crippen MR) is 134 cm³/mol. The summed E-state index contributed by atoms with van der Waals surface area (Å²) in [5.74, 6) is 0.282. The van der Waals surface area contributed by atoms with Crippen molar-refractivity contribution in [3.05, 3.63) is 41.5 Å². The number of nitrogens with one attached hydrogen (secondary N) is 2. The molecule has 1 fully saturated rings. The number of allylic oxidation sites excluding steroid dienone is 1. The molecule has 1 amide bonds. The number of aliphatic hydroxyl groups excluding tert-OH is 1. The van der Waals surface area contributed by atoms with E-state index in [1.54, 1.807) is 19.9 Å². The molecule has 0 bridgehead atoms. The Morgan fingerprint density at radius 3 is 2.53 bits per heavy atom. The number of carbonyl (C=O) groups is 1. The zero-order chi connectivity index (χ0) is 25.5. The van der Waals surface area contributed by atoms with E-state index < -0.39 is 15.9 Å². The van der Waals surface area contributed by atoms with Crippen molar-refractivity contribution in [1.29, 1.82) is 5.41 Å². The van der Waals surface area contributed by atoms with E-state index in [0.717, 1.165) is 12.8 Å². The summed E-state index contributed by atoms with van der Waals surface area (Å²) in [4.78, 5) is 12.9. The van der Waals surface area contributed by atoms with Crippen LogP contribution in [0, 0.1) is 11.3 Å². The van der Waals surface area contributed by atoms with Gasteiger partial charge in [-0.2, -0.15) is 4.31 Å². The third kappa shape index (κ3) is 6.55. The Hall–Kier alpha value is -2.49. The summed E-state index contributed by atoms with van der Waals surface area (Å²) in [6.07, 6.45) is 2.86. The SMILES string of the molecule is C=C(NC(=O)/C(C)=C(\C)C(=N)CCC)c1cc(S(=O)(=O)N2CC(CCCO)C2)ccc1OCC. The Morgan fingerprint density at radius 2 is 1.94 bits per heavy atom. The monoisotopic (exact) mass is 491 g/mol. The smallest absolute Gasteiger partial charge is 0.251 e. The van der Waals surface area contributed by atoms with Gasteiger partial charge in [0.2, 0.25) is 10.0 Å². The molecule has 0 atom stereocenters. The average molecular weight is 492 g/mol. The molecule has 0 saturated carbocycles. The number of benzene rings is 1. The molecule has 188 valence electrons. The number of hydrogen-bond acceptors (Lipinski definition) is 6. The number of nitrogens with zero attached hydrogens (tertiary/aromatic N) is 1. The van der Waals surface area contributed by atoms with E-state index in [0.29, 0.717) is 60.7 Å². The first-order valence-corrected chi connectivity index (χ1v) is 13.1. The maximum atomic E-state index is 13.1. The van der Waals surface area contributed by atoms with Crippen LogP contribution in [-0.2, 0) is 14.8 Å². The summed E-state index contributed by atoms with van der Waals surface area (Å²) < 4.78 is 33.3. The van der Waals surface area contributed by atoms with Gasteiger partial charge < -0.3 is 20.6 Å². The molecule has 1 aromatic carbocycles. The molecule has 34 heavy (non-hydrogen) atoms. The van der Waals surface area contributed by atoms with Crippen molar-refractivity contribution in [1.82, 2.24) is 9.62 Å². The lowest BCUT2D eigenvalue weighted by molar-refractivity contribution is -0.116. The first kappa shape index (κ1) is 27.8. The maximum Gasteiger partial charge on any atom is 0.251 e. The fourth-order valence-corrected chi connectivity index (χ4v) is 5.37. The summed E-state index contributed by atoms with van der Waals surface area (Å²) in [6, 6.07) is 4.56. The lowest BCUT2D eigenvalue weighted by atomic mass is 9.98. The first-order chi connectivity index (χ1) is 16.1. The van der Waals surface area contributed by atoms with Crippen LogP contribution in [-0.4, -0.2) is 55.8 Å². The van der Waals surface area contributed by atoms with Gasteiger partial charge in [0, 0.05) is 42.2 Å². The molecule has 1 saturated heterocycles. The van der Waals surface area contributed by atoms with Gasteiger partial charge in [0.05, 0.1) is 11.5 Å². The average Bonchev–Trinajstić information content (AvgIpc) is 2.77. The second-order valence-electron chi connectivity index (χ2n) is 8.56. The van der Waals surface area contributed by atoms with Crippen molar-refractivity contribution in [2.75, 3.05) is 26.3 Å². The maximum absolute atomic E-state index is 13.1. The predicted octanol–water partition coefficient (Wildman–Crippen LogP) is 3.72. The Balaban J connectivity index is 2.26. The van der Waals surface area contributed by atoms with Gasteiger partial charge in [0.1, 0.15) is 5.75 Å². The summed E-state index contributed by atoms with van der Waals surface area (Å²) in [5.41, 5.74) is 2.06. The second-order valence-corrected chi connectivity index (χ2v) is 10.5. The molecular weight excluding hydrogens is 454 g/mol. The van der Waals surface area contributed by atoms with Crippen LogP contribution >= 0.6 is 0 Å². The van der Waals surface area contributed by atoms with Crippen molar-refractivity contribution >= 4 is 27.3 Å². The number of aliphatic hydroxyl groups is 1. The van der Waals surface area contributed by atoms with Crippen LogP contribution < -0.4 is 10.1 Å². The topological polar surface area (TPSA) is 120 Å². The molecule has 8 nitrogen and oxygen atoms in total. The quantitative estimate of drug-likeness (QED) is 0.287. The van der Waals surface area contributed by atoms with Gasteiger partial charge in [-0.3, -0.25) is 4.79 Å². The van der Waals surface area contributed by atoms with Gasteiger partial charge in [0.15, 0.2) is 0 Å². The molecule has 1 aliphatic heterocycles. The lowest BCUT2D eigenvalue weighted by Crippen LogP contribution is -2.49. The summed E-state index contributed by atoms with van der Waals surface area (Å²) >= 11 is 0. The highest BCUT2D eigenvalue weighted by molar-refractivity contribution is 7.89. The summed E-state index contributed by atoms with van der Waals surface area (Å²) in [5, 5.41) is 19.8. The van der Waals surface area contributed by atoms with E-state index in [1.807, 2.05) is 13.8 Å². The molecule has 0 spiro atoms. The molecule has 0 aliphatic carbocycles. The molecule has 0 radical (unpaired) electrons. The van der Waals surface area contributed by atoms with Crippen LogP contribution in [0.1, 0.15) is 58.9 Å². The molecule has 2 rings (SSSR count). The fourth-order valence-electron chi connectivity index (χ4n) is 3.75. The highest BCUT2D eigenvalue weighted by Crippen LogP contribution is 2.32. The van der Waals surface area contributed by atoms with Crippen LogP contribution in [0.4, 0.5) is 0 Å². The summed E-state index contributed by atoms with van der Waals surface area (Å²) in [7, 11) is -3.70. The summed E-state index contributed by atoms with van der Waals surface area (Å²) in [6.45, 7) is 12.5. The Bertz CT molecular complexity index is 1060. The van der Waals surface area contributed by atoms with Crippen LogP contribution in [0.15, 0.2) is 40.8 Å². The Morgan fingerprint density at radius 1 is 1.26 bits per heavy atom. The number of hydrogen-bond donors (Lipinski definition) is 3. The van der Waals surface area contributed by atoms with Gasteiger partial charge >= 0.3 is 0 Å². The van der Waals surface area contributed by atoms with Crippen LogP contribution in [0.2, 0.25) is 0 Å². The third-order valence-corrected chi connectivity index (χ3v) is 7.86. The van der Waals surface area contributed by atoms with E-state index in [9.17, 15) is 13.2 Å². The fraction of sp³-hybridized carbons (Fsp3) is 0.520. The minimum Gasteiger partial charge on any atom is -0.493 e. The van der Waals surface area contributed by atoms with Gasteiger partial charge in [-0.15, -0.1) is 0 Å². The molecule has 1 aliphatic rings. The number of sulfonamides is 1. The third-order valence-electron chi connectivity index (χ3n) is 6.03. The number of amides is 1. The zero-order valence-corrected chi connectivity index (χ0v) is 21.4. The standard InChI is InChI=1S/C25H37N3O5S/c1-6-9-23(26)17(3)18(4)25(30)27-19(5)22-14-21(11-12-24(22)33-7-2)34(31,32)28-15-20(16-28)10-8-13-29/h11-12,14,20,26,29H,5-10,13,15-16H2,1-4H3,(H,27,30)/b18-17+,26-23?. The minimum atomic E-state index is -3.70. The molecule has 3 N–H and O–H groups in total. The molecular formula is C25H37N3O5S. The van der Waals surface area contributed by atoms with Crippen molar-refractivity contribution in [3.8, 4) is 5.75 Å². The molecule has 0 unspecified atom stereocenters. The second kappa shape index (κ2) is 12.3. The number of carbonyl (C=O) groups excluding carboxylic acids is 1. The van der Waals surface area contributed by atoms with Crippen molar-refractivity contribution in [2.24, 2.45) is 5.92 Å². The first-order valence-electron chi connectivity index (χ1n) is 11.7.